The van der Waals surface area contributed by atoms with Crippen LogP contribution in [0.3, 0.4) is 0 Å². The Balaban J connectivity index is 2.01. The van der Waals surface area contributed by atoms with E-state index in [-0.39, 0.29) is 0 Å². The number of hydrogen-bond donors (Lipinski definition) is 3. The van der Waals surface area contributed by atoms with Crippen LogP contribution in [0.25, 0.3) is 0 Å². The van der Waals surface area contributed by atoms with Gasteiger partial charge >= 0.3 is 0 Å². The fraction of sp³-hybridized carbons (Fsp3) is 0.600. The highest BCUT2D eigenvalue weighted by Gasteiger charge is 2.34. The van der Waals surface area contributed by atoms with Crippen LogP contribution in [0.5, 0.6) is 0 Å². The fourth-order valence-corrected chi connectivity index (χ4v) is 1.65. The number of nitrogens with zero attached hydrogens (tertiary/aromatic N) is 2. The highest BCUT2D eigenvalue weighted by molar-refractivity contribution is 5.53. The van der Waals surface area contributed by atoms with E-state index in [9.17, 15) is 5.11 Å². The van der Waals surface area contributed by atoms with E-state index in [1.165, 1.54) is 6.33 Å². The monoisotopic (exact) mass is 208 g/mol. The quantitative estimate of drug-likeness (QED) is 0.680. The number of nitrogens with one attached hydrogen (secondary N) is 1. The molecule has 4 N–H and O–H groups in total. The molecule has 1 aliphatic rings. The molecule has 0 unspecified atom stereocenters. The Morgan fingerprint density at radius 1 is 1.53 bits per heavy atom. The molecule has 1 heterocycles. The second-order valence-electron chi connectivity index (χ2n) is 4.16. The van der Waals surface area contributed by atoms with Gasteiger partial charge in [-0.25, -0.2) is 9.97 Å². The third kappa shape index (κ3) is 2.02. The zero-order valence-electron chi connectivity index (χ0n) is 8.82. The smallest absolute Gasteiger partial charge is 0.134 e. The summed E-state index contributed by atoms with van der Waals surface area (Å²) in [6, 6.07) is 0. The molecular weight excluding hydrogens is 192 g/mol. The maximum atomic E-state index is 9.89. The fourth-order valence-electron chi connectivity index (χ4n) is 1.65. The number of rotatable bonds is 3. The molecule has 0 aliphatic heterocycles. The van der Waals surface area contributed by atoms with Gasteiger partial charge in [-0.3, -0.25) is 0 Å². The second-order valence-corrected chi connectivity index (χ2v) is 4.16. The first-order valence-electron chi connectivity index (χ1n) is 5.14. The zero-order chi connectivity index (χ0) is 10.9. The first-order chi connectivity index (χ1) is 7.11. The molecule has 0 amide bonds. The van der Waals surface area contributed by atoms with E-state index in [1.807, 2.05) is 6.92 Å². The van der Waals surface area contributed by atoms with Crippen molar-refractivity contribution in [1.29, 1.82) is 0 Å². The van der Waals surface area contributed by atoms with Crippen LogP contribution in [0, 0.1) is 6.92 Å². The molecule has 2 rings (SSSR count). The van der Waals surface area contributed by atoms with E-state index < -0.39 is 5.60 Å². The maximum Gasteiger partial charge on any atom is 0.134 e. The van der Waals surface area contributed by atoms with Gasteiger partial charge in [-0.05, 0) is 26.2 Å². The van der Waals surface area contributed by atoms with E-state index in [2.05, 4.69) is 15.3 Å². The normalized spacial score (nSPS) is 18.3. The van der Waals surface area contributed by atoms with E-state index >= 15 is 0 Å². The van der Waals surface area contributed by atoms with Crippen molar-refractivity contribution in [3.8, 4) is 0 Å². The van der Waals surface area contributed by atoms with Gasteiger partial charge in [0.1, 0.15) is 18.0 Å². The lowest BCUT2D eigenvalue weighted by atomic mass is 9.80. The van der Waals surface area contributed by atoms with Crippen LogP contribution in [0.15, 0.2) is 6.33 Å². The van der Waals surface area contributed by atoms with Crippen LogP contribution in [0.2, 0.25) is 0 Å². The van der Waals surface area contributed by atoms with Crippen molar-refractivity contribution < 1.29 is 5.11 Å². The average Bonchev–Trinajstić information content (AvgIpc) is 2.17. The number of nitrogens with two attached hydrogens (primary N) is 1. The van der Waals surface area contributed by atoms with Crippen LogP contribution in [-0.4, -0.2) is 27.2 Å². The summed E-state index contributed by atoms with van der Waals surface area (Å²) in [4.78, 5) is 7.97. The molecule has 1 aromatic heterocycles. The summed E-state index contributed by atoms with van der Waals surface area (Å²) in [6.07, 6.45) is 4.25. The molecule has 0 bridgehead atoms. The summed E-state index contributed by atoms with van der Waals surface area (Å²) in [5.41, 5.74) is 5.94. The third-order valence-corrected chi connectivity index (χ3v) is 2.99. The summed E-state index contributed by atoms with van der Waals surface area (Å²) in [6.45, 7) is 2.40. The molecule has 5 heteroatoms. The van der Waals surface area contributed by atoms with Crippen LogP contribution in [-0.2, 0) is 0 Å². The van der Waals surface area contributed by atoms with E-state index in [0.29, 0.717) is 18.2 Å². The van der Waals surface area contributed by atoms with Gasteiger partial charge in [0.25, 0.3) is 0 Å². The zero-order valence-corrected chi connectivity index (χ0v) is 8.82. The summed E-state index contributed by atoms with van der Waals surface area (Å²) in [5.74, 6) is 1.19. The lowest BCUT2D eigenvalue weighted by Gasteiger charge is -2.36. The van der Waals surface area contributed by atoms with Crippen molar-refractivity contribution >= 4 is 11.6 Å². The lowest BCUT2D eigenvalue weighted by Crippen LogP contribution is -2.43. The second kappa shape index (κ2) is 3.66. The van der Waals surface area contributed by atoms with Gasteiger partial charge in [-0.1, -0.05) is 0 Å². The molecule has 82 valence electrons. The Labute approximate surface area is 88.7 Å². The Hall–Kier alpha value is -1.36. The lowest BCUT2D eigenvalue weighted by molar-refractivity contribution is -0.0202. The predicted octanol–water partition coefficient (Wildman–Crippen LogP) is 0.694. The molecule has 0 spiro atoms. The first-order valence-corrected chi connectivity index (χ1v) is 5.14. The van der Waals surface area contributed by atoms with E-state index in [4.69, 9.17) is 5.73 Å². The molecule has 1 fully saturated rings. The third-order valence-electron chi connectivity index (χ3n) is 2.99. The Morgan fingerprint density at radius 2 is 2.27 bits per heavy atom. The molecular formula is C10H16N4O. The van der Waals surface area contributed by atoms with Crippen molar-refractivity contribution in [2.45, 2.75) is 31.8 Å². The van der Waals surface area contributed by atoms with Crippen LogP contribution in [0.1, 0.15) is 24.8 Å². The Kier molecular flexibility index (Phi) is 2.48. The maximum absolute atomic E-state index is 9.89. The molecule has 0 saturated heterocycles. The van der Waals surface area contributed by atoms with Crippen molar-refractivity contribution in [2.75, 3.05) is 17.6 Å². The van der Waals surface area contributed by atoms with Gasteiger partial charge in [0.05, 0.1) is 5.60 Å². The average molecular weight is 208 g/mol. The van der Waals surface area contributed by atoms with Crippen molar-refractivity contribution in [3.63, 3.8) is 0 Å². The van der Waals surface area contributed by atoms with Crippen molar-refractivity contribution in [2.24, 2.45) is 0 Å². The minimum Gasteiger partial charge on any atom is -0.388 e. The van der Waals surface area contributed by atoms with Gasteiger partial charge < -0.3 is 16.2 Å². The number of aliphatic hydroxyl groups is 1. The molecule has 15 heavy (non-hydrogen) atoms. The number of anilines is 2. The highest BCUT2D eigenvalue weighted by atomic mass is 16.3. The summed E-state index contributed by atoms with van der Waals surface area (Å²) in [5, 5.41) is 13.0. The van der Waals surface area contributed by atoms with Gasteiger partial charge in [0.15, 0.2) is 0 Å². The molecule has 1 saturated carbocycles. The van der Waals surface area contributed by atoms with Gasteiger partial charge in [0, 0.05) is 12.1 Å². The minimum atomic E-state index is -0.549. The van der Waals surface area contributed by atoms with Crippen LogP contribution < -0.4 is 11.1 Å². The molecule has 0 atom stereocenters. The largest absolute Gasteiger partial charge is 0.388 e. The Bertz CT molecular complexity index is 362. The van der Waals surface area contributed by atoms with E-state index in [1.54, 1.807) is 0 Å². The molecule has 0 radical (unpaired) electrons. The van der Waals surface area contributed by atoms with Gasteiger partial charge in [-0.15, -0.1) is 0 Å². The van der Waals surface area contributed by atoms with Crippen molar-refractivity contribution in [3.05, 3.63) is 11.9 Å². The van der Waals surface area contributed by atoms with Crippen LogP contribution in [0.4, 0.5) is 11.6 Å². The predicted molar refractivity (Wildman–Crippen MR) is 58.5 cm³/mol. The van der Waals surface area contributed by atoms with Crippen LogP contribution >= 0.6 is 0 Å². The summed E-state index contributed by atoms with van der Waals surface area (Å²) in [7, 11) is 0. The van der Waals surface area contributed by atoms with Crippen molar-refractivity contribution in [1.82, 2.24) is 9.97 Å². The molecule has 5 nitrogen and oxygen atoms in total. The first kappa shape index (κ1) is 10.2. The number of aromatic nitrogens is 2. The van der Waals surface area contributed by atoms with E-state index in [0.717, 1.165) is 24.8 Å². The number of hydrogen-bond acceptors (Lipinski definition) is 5. The summed E-state index contributed by atoms with van der Waals surface area (Å²) >= 11 is 0. The topological polar surface area (TPSA) is 84.1 Å². The van der Waals surface area contributed by atoms with Gasteiger partial charge in [-0.2, -0.15) is 0 Å². The van der Waals surface area contributed by atoms with Gasteiger partial charge in [0.2, 0.25) is 0 Å². The minimum absolute atomic E-state index is 0.480. The molecule has 0 aromatic carbocycles. The number of nitrogen functional groups attached to an aromatic ring is 1. The summed E-state index contributed by atoms with van der Waals surface area (Å²) < 4.78 is 0. The Morgan fingerprint density at radius 3 is 2.87 bits per heavy atom. The highest BCUT2D eigenvalue weighted by Crippen LogP contribution is 2.31. The molecule has 1 aromatic rings. The SMILES string of the molecule is Cc1c(N)ncnc1NCC1(O)CCC1. The standard InChI is InChI=1S/C10H16N4O/c1-7-8(11)13-6-14-9(7)12-5-10(15)3-2-4-10/h6,15H,2-5H2,1H3,(H3,11,12,13,14). The molecule has 1 aliphatic carbocycles.